The van der Waals surface area contributed by atoms with E-state index in [1.807, 2.05) is 0 Å². The number of rotatable bonds is 4. The lowest BCUT2D eigenvalue weighted by Crippen LogP contribution is -2.16. The van der Waals surface area contributed by atoms with E-state index in [1.54, 1.807) is 0 Å². The molecule has 0 radical (unpaired) electrons. The molecule has 2 aromatic carbocycles. The summed E-state index contributed by atoms with van der Waals surface area (Å²) in [7, 11) is -3.87. The van der Waals surface area contributed by atoms with Crippen LogP contribution in [-0.4, -0.2) is 20.0 Å². The maximum atomic E-state index is 13.0. The lowest BCUT2D eigenvalue weighted by molar-refractivity contribution is 0.102. The van der Waals surface area contributed by atoms with Crippen LogP contribution in [0.2, 0.25) is 10.0 Å². The van der Waals surface area contributed by atoms with E-state index in [2.05, 4.69) is 0 Å². The minimum Gasteiger partial charge on any atom is -0.293 e. The van der Waals surface area contributed by atoms with E-state index in [0.29, 0.717) is 0 Å². The fourth-order valence-electron chi connectivity index (χ4n) is 1.67. The topological polar surface area (TPSA) is 51.2 Å². The third kappa shape index (κ3) is 3.81. The van der Waals surface area contributed by atoms with E-state index < -0.39 is 27.2 Å². The first-order chi connectivity index (χ1) is 9.79. The highest BCUT2D eigenvalue weighted by Gasteiger charge is 2.21. The molecule has 0 saturated heterocycles. The summed E-state index contributed by atoms with van der Waals surface area (Å²) in [5.74, 6) is -2.07. The van der Waals surface area contributed by atoms with E-state index in [9.17, 15) is 17.6 Å². The fraction of sp³-hybridized carbons (Fsp3) is 0.0714. The van der Waals surface area contributed by atoms with Crippen LogP contribution in [0.5, 0.6) is 0 Å². The maximum Gasteiger partial charge on any atom is 0.185 e. The van der Waals surface area contributed by atoms with Gasteiger partial charge >= 0.3 is 0 Å². The molecule has 2 aromatic rings. The van der Waals surface area contributed by atoms with Crippen LogP contribution in [0.15, 0.2) is 47.4 Å². The van der Waals surface area contributed by atoms with Crippen molar-refractivity contribution in [2.24, 2.45) is 0 Å². The number of hydrogen-bond acceptors (Lipinski definition) is 3. The molecule has 7 heteroatoms. The Morgan fingerprint density at radius 3 is 2.38 bits per heavy atom. The van der Waals surface area contributed by atoms with Crippen molar-refractivity contribution in [2.75, 3.05) is 5.75 Å². The van der Waals surface area contributed by atoms with Gasteiger partial charge in [0.25, 0.3) is 0 Å². The van der Waals surface area contributed by atoms with Gasteiger partial charge in [-0.3, -0.25) is 4.79 Å². The molecule has 0 amide bonds. The Bertz CT molecular complexity index is 804. The van der Waals surface area contributed by atoms with Gasteiger partial charge in [-0.15, -0.1) is 0 Å². The summed E-state index contributed by atoms with van der Waals surface area (Å²) >= 11 is 11.5. The van der Waals surface area contributed by atoms with Crippen molar-refractivity contribution in [3.05, 3.63) is 63.9 Å². The number of hydrogen-bond donors (Lipinski definition) is 0. The van der Waals surface area contributed by atoms with Crippen LogP contribution in [0.3, 0.4) is 0 Å². The molecule has 0 spiro atoms. The number of halogens is 3. The highest BCUT2D eigenvalue weighted by atomic mass is 35.5. The molecule has 0 N–H and O–H groups in total. The average molecular weight is 347 g/mol. The van der Waals surface area contributed by atoms with Crippen molar-refractivity contribution in [1.29, 1.82) is 0 Å². The van der Waals surface area contributed by atoms with Gasteiger partial charge in [0.15, 0.2) is 15.6 Å². The smallest absolute Gasteiger partial charge is 0.185 e. The summed E-state index contributed by atoms with van der Waals surface area (Å²) in [4.78, 5) is 11.8. The third-order valence-corrected chi connectivity index (χ3v) is 5.07. The normalized spacial score (nSPS) is 11.4. The number of sulfone groups is 1. The number of carbonyl (C=O) groups excluding carboxylic acids is 1. The van der Waals surface area contributed by atoms with Crippen LogP contribution >= 0.6 is 23.2 Å². The molecule has 0 saturated carbocycles. The predicted molar refractivity (Wildman–Crippen MR) is 79.2 cm³/mol. The van der Waals surface area contributed by atoms with Gasteiger partial charge in [0, 0.05) is 5.56 Å². The highest BCUT2D eigenvalue weighted by Crippen LogP contribution is 2.25. The Morgan fingerprint density at radius 1 is 1.05 bits per heavy atom. The van der Waals surface area contributed by atoms with Crippen LogP contribution in [0.1, 0.15) is 10.4 Å². The van der Waals surface area contributed by atoms with Gasteiger partial charge in [0.1, 0.15) is 11.6 Å². The van der Waals surface area contributed by atoms with Crippen LogP contribution in [-0.2, 0) is 9.84 Å². The van der Waals surface area contributed by atoms with Crippen molar-refractivity contribution in [2.45, 2.75) is 4.90 Å². The minimum atomic E-state index is -3.87. The summed E-state index contributed by atoms with van der Waals surface area (Å²) in [6.07, 6.45) is 0. The zero-order valence-corrected chi connectivity index (χ0v) is 12.8. The number of Topliss-reactive ketones (excluding diaryl/α,β-unsaturated/α-hetero) is 1. The molecule has 0 unspecified atom stereocenters. The highest BCUT2D eigenvalue weighted by molar-refractivity contribution is 7.92. The molecular formula is C14H9Cl2FO3S. The standard InChI is InChI=1S/C14H9Cl2FO3S/c15-12-5-4-11(7-13(12)16)21(19,20)8-14(18)9-2-1-3-10(17)6-9/h1-7H,8H2. The van der Waals surface area contributed by atoms with E-state index in [-0.39, 0.29) is 20.5 Å². The Balaban J connectivity index is 2.29. The summed E-state index contributed by atoms with van der Waals surface area (Å²) in [6, 6.07) is 8.64. The number of benzene rings is 2. The molecule has 0 aliphatic carbocycles. The predicted octanol–water partition coefficient (Wildman–Crippen LogP) is 3.79. The van der Waals surface area contributed by atoms with Crippen molar-refractivity contribution in [1.82, 2.24) is 0 Å². The quantitative estimate of drug-likeness (QED) is 0.791. The molecular weight excluding hydrogens is 338 g/mol. The maximum absolute atomic E-state index is 13.0. The molecule has 0 fully saturated rings. The molecule has 0 aliphatic heterocycles. The van der Waals surface area contributed by atoms with Gasteiger partial charge < -0.3 is 0 Å². The lowest BCUT2D eigenvalue weighted by atomic mass is 10.1. The second-order valence-electron chi connectivity index (χ2n) is 4.27. The fourth-order valence-corrected chi connectivity index (χ4v) is 3.29. The third-order valence-electron chi connectivity index (χ3n) is 2.72. The summed E-state index contributed by atoms with van der Waals surface area (Å²) < 4.78 is 37.3. The first kappa shape index (κ1) is 15.9. The van der Waals surface area contributed by atoms with Gasteiger partial charge in [0.2, 0.25) is 0 Å². The molecule has 0 atom stereocenters. The van der Waals surface area contributed by atoms with E-state index >= 15 is 0 Å². The van der Waals surface area contributed by atoms with Crippen LogP contribution in [0, 0.1) is 5.82 Å². The van der Waals surface area contributed by atoms with Crippen LogP contribution in [0.25, 0.3) is 0 Å². The van der Waals surface area contributed by atoms with Gasteiger partial charge in [-0.25, -0.2) is 12.8 Å². The number of carbonyl (C=O) groups is 1. The van der Waals surface area contributed by atoms with Gasteiger partial charge in [-0.2, -0.15) is 0 Å². The zero-order valence-electron chi connectivity index (χ0n) is 10.5. The molecule has 21 heavy (non-hydrogen) atoms. The summed E-state index contributed by atoms with van der Waals surface area (Å²) in [5, 5.41) is 0.294. The average Bonchev–Trinajstić information content (AvgIpc) is 2.41. The number of ketones is 1. The van der Waals surface area contributed by atoms with E-state index in [0.717, 1.165) is 6.07 Å². The molecule has 2 rings (SSSR count). The Labute approximate surface area is 131 Å². The van der Waals surface area contributed by atoms with Crippen molar-refractivity contribution in [3.63, 3.8) is 0 Å². The largest absolute Gasteiger partial charge is 0.293 e. The zero-order chi connectivity index (χ0) is 15.6. The molecule has 0 bridgehead atoms. The molecule has 0 heterocycles. The first-order valence-electron chi connectivity index (χ1n) is 5.76. The van der Waals surface area contributed by atoms with Crippen molar-refractivity contribution < 1.29 is 17.6 Å². The molecule has 0 aliphatic rings. The summed E-state index contributed by atoms with van der Waals surface area (Å²) in [5.41, 5.74) is -0.00126. The van der Waals surface area contributed by atoms with Crippen molar-refractivity contribution >= 4 is 38.8 Å². The van der Waals surface area contributed by atoms with E-state index in [1.165, 1.54) is 36.4 Å². The van der Waals surface area contributed by atoms with Gasteiger partial charge in [0.05, 0.1) is 14.9 Å². The lowest BCUT2D eigenvalue weighted by Gasteiger charge is -2.05. The van der Waals surface area contributed by atoms with Crippen LogP contribution in [0.4, 0.5) is 4.39 Å². The van der Waals surface area contributed by atoms with Gasteiger partial charge in [-0.05, 0) is 30.3 Å². The summed E-state index contributed by atoms with van der Waals surface area (Å²) in [6.45, 7) is 0. The van der Waals surface area contributed by atoms with E-state index in [4.69, 9.17) is 23.2 Å². The van der Waals surface area contributed by atoms with Crippen molar-refractivity contribution in [3.8, 4) is 0 Å². The Kier molecular flexibility index (Phi) is 4.66. The SMILES string of the molecule is O=C(CS(=O)(=O)c1ccc(Cl)c(Cl)c1)c1cccc(F)c1. The second kappa shape index (κ2) is 6.13. The van der Waals surface area contributed by atoms with Gasteiger partial charge in [-0.1, -0.05) is 35.3 Å². The second-order valence-corrected chi connectivity index (χ2v) is 7.07. The minimum absolute atomic E-state index is 0.00126. The first-order valence-corrected chi connectivity index (χ1v) is 8.17. The molecule has 3 nitrogen and oxygen atoms in total. The Hall–Kier alpha value is -1.43. The molecule has 0 aromatic heterocycles. The molecule has 110 valence electrons. The monoisotopic (exact) mass is 346 g/mol. The Morgan fingerprint density at radius 2 is 1.76 bits per heavy atom. The van der Waals surface area contributed by atoms with Crippen LogP contribution < -0.4 is 0 Å².